The second kappa shape index (κ2) is 7.75. The number of hydrogen-bond donors (Lipinski definition) is 1. The molecule has 0 spiro atoms. The Labute approximate surface area is 141 Å². The highest BCUT2D eigenvalue weighted by atomic mass is 16.6. The van der Waals surface area contributed by atoms with E-state index in [4.69, 9.17) is 9.57 Å². The van der Waals surface area contributed by atoms with Gasteiger partial charge in [-0.3, -0.25) is 4.79 Å². The first-order chi connectivity index (χ1) is 11.8. The number of rotatable bonds is 6. The first-order valence-corrected chi connectivity index (χ1v) is 7.89. The number of carbonyl (C=O) groups is 1. The minimum absolute atomic E-state index is 0.183. The van der Waals surface area contributed by atoms with Crippen LogP contribution in [0.5, 0.6) is 0 Å². The van der Waals surface area contributed by atoms with E-state index in [-0.39, 0.29) is 12.0 Å². The molecule has 1 heterocycles. The molecule has 5 nitrogen and oxygen atoms in total. The van der Waals surface area contributed by atoms with Crippen molar-refractivity contribution in [3.05, 3.63) is 71.3 Å². The Morgan fingerprint density at radius 2 is 2.00 bits per heavy atom. The third-order valence-electron chi connectivity index (χ3n) is 3.86. The van der Waals surface area contributed by atoms with Crippen LogP contribution in [0, 0.1) is 0 Å². The smallest absolute Gasteiger partial charge is 0.269 e. The van der Waals surface area contributed by atoms with Crippen molar-refractivity contribution >= 4 is 11.6 Å². The van der Waals surface area contributed by atoms with Crippen molar-refractivity contribution in [3.8, 4) is 0 Å². The van der Waals surface area contributed by atoms with Gasteiger partial charge in [0.15, 0.2) is 6.10 Å². The highest BCUT2D eigenvalue weighted by Crippen LogP contribution is 2.26. The topological polar surface area (TPSA) is 59.9 Å². The van der Waals surface area contributed by atoms with Crippen molar-refractivity contribution in [3.63, 3.8) is 0 Å². The standard InChI is InChI=1S/C19H20N2O3/c1-23-13-15-7-5-6-14(10-15)12-20-19(22)17-11-18(24-21-17)16-8-3-2-4-9-16/h2-10,18H,11-13H2,1H3,(H,20,22). The monoisotopic (exact) mass is 324 g/mol. The molecule has 1 N–H and O–H groups in total. The fourth-order valence-electron chi connectivity index (χ4n) is 2.64. The fourth-order valence-corrected chi connectivity index (χ4v) is 2.64. The van der Waals surface area contributed by atoms with Gasteiger partial charge in [0.25, 0.3) is 5.91 Å². The van der Waals surface area contributed by atoms with Gasteiger partial charge in [-0.25, -0.2) is 0 Å². The Balaban J connectivity index is 1.54. The Hall–Kier alpha value is -2.66. The molecule has 3 rings (SSSR count). The molecule has 0 saturated carbocycles. The molecule has 0 fully saturated rings. The normalized spacial score (nSPS) is 16.4. The first kappa shape index (κ1) is 16.2. The van der Waals surface area contributed by atoms with E-state index in [1.54, 1.807) is 7.11 Å². The first-order valence-electron chi connectivity index (χ1n) is 7.89. The maximum absolute atomic E-state index is 12.3. The van der Waals surface area contributed by atoms with E-state index in [0.717, 1.165) is 16.7 Å². The Morgan fingerprint density at radius 1 is 1.21 bits per heavy atom. The molecule has 0 aromatic heterocycles. The quantitative estimate of drug-likeness (QED) is 0.888. The molecule has 1 amide bonds. The predicted octanol–water partition coefficient (Wildman–Crippen LogP) is 2.97. The maximum Gasteiger partial charge on any atom is 0.269 e. The lowest BCUT2D eigenvalue weighted by Gasteiger charge is -2.08. The molecular formula is C19H20N2O3. The molecule has 0 saturated heterocycles. The van der Waals surface area contributed by atoms with Crippen LogP contribution >= 0.6 is 0 Å². The summed E-state index contributed by atoms with van der Waals surface area (Å²) in [7, 11) is 1.66. The molecule has 2 aromatic carbocycles. The highest BCUT2D eigenvalue weighted by Gasteiger charge is 2.26. The SMILES string of the molecule is COCc1cccc(CNC(=O)C2=NOC(c3ccccc3)C2)c1. The fraction of sp³-hybridized carbons (Fsp3) is 0.263. The summed E-state index contributed by atoms with van der Waals surface area (Å²) in [6, 6.07) is 17.7. The van der Waals surface area contributed by atoms with Gasteiger partial charge in [-0.15, -0.1) is 0 Å². The van der Waals surface area contributed by atoms with Gasteiger partial charge >= 0.3 is 0 Å². The number of oxime groups is 1. The zero-order valence-electron chi connectivity index (χ0n) is 13.6. The van der Waals surface area contributed by atoms with Crippen LogP contribution in [0.15, 0.2) is 59.8 Å². The Morgan fingerprint density at radius 3 is 2.79 bits per heavy atom. The van der Waals surface area contributed by atoms with Crippen molar-refractivity contribution in [1.29, 1.82) is 0 Å². The number of nitrogens with one attached hydrogen (secondary N) is 1. The summed E-state index contributed by atoms with van der Waals surface area (Å²) >= 11 is 0. The van der Waals surface area contributed by atoms with E-state index in [9.17, 15) is 4.79 Å². The lowest BCUT2D eigenvalue weighted by Crippen LogP contribution is -2.29. The van der Waals surface area contributed by atoms with Gasteiger partial charge in [0, 0.05) is 20.1 Å². The van der Waals surface area contributed by atoms with Crippen LogP contribution in [0.2, 0.25) is 0 Å². The lowest BCUT2D eigenvalue weighted by atomic mass is 10.0. The van der Waals surface area contributed by atoms with Crippen LogP contribution < -0.4 is 5.32 Å². The average Bonchev–Trinajstić information content (AvgIpc) is 3.11. The molecule has 1 unspecified atom stereocenters. The third kappa shape index (κ3) is 4.00. The van der Waals surface area contributed by atoms with Gasteiger partial charge in [0.2, 0.25) is 0 Å². The summed E-state index contributed by atoms with van der Waals surface area (Å²) in [5.41, 5.74) is 3.56. The number of hydrogen-bond acceptors (Lipinski definition) is 4. The summed E-state index contributed by atoms with van der Waals surface area (Å²) in [6.07, 6.45) is 0.302. The van der Waals surface area contributed by atoms with Crippen LogP contribution in [-0.4, -0.2) is 18.7 Å². The zero-order valence-corrected chi connectivity index (χ0v) is 13.6. The zero-order chi connectivity index (χ0) is 16.8. The Kier molecular flexibility index (Phi) is 5.23. The lowest BCUT2D eigenvalue weighted by molar-refractivity contribution is -0.115. The number of amides is 1. The number of methoxy groups -OCH3 is 1. The van der Waals surface area contributed by atoms with Crippen molar-refractivity contribution in [2.45, 2.75) is 25.7 Å². The second-order valence-corrected chi connectivity index (χ2v) is 5.68. The number of ether oxygens (including phenoxy) is 1. The van der Waals surface area contributed by atoms with E-state index in [1.807, 2.05) is 54.6 Å². The summed E-state index contributed by atoms with van der Waals surface area (Å²) in [5.74, 6) is -0.189. The largest absolute Gasteiger partial charge is 0.387 e. The molecule has 0 radical (unpaired) electrons. The summed E-state index contributed by atoms with van der Waals surface area (Å²) in [5, 5.41) is 6.83. The van der Waals surface area contributed by atoms with Gasteiger partial charge in [-0.1, -0.05) is 59.8 Å². The van der Waals surface area contributed by atoms with Crippen LogP contribution in [-0.2, 0) is 27.5 Å². The molecule has 1 aliphatic heterocycles. The van der Waals surface area contributed by atoms with Gasteiger partial charge in [-0.05, 0) is 16.7 Å². The van der Waals surface area contributed by atoms with E-state index in [2.05, 4.69) is 10.5 Å². The molecule has 1 atom stereocenters. The van der Waals surface area contributed by atoms with Crippen LogP contribution in [0.3, 0.4) is 0 Å². The Bertz CT molecular complexity index is 728. The number of nitrogens with zero attached hydrogens (tertiary/aromatic N) is 1. The minimum atomic E-state index is -0.189. The molecule has 5 heteroatoms. The number of carbonyl (C=O) groups excluding carboxylic acids is 1. The predicted molar refractivity (Wildman–Crippen MR) is 91.3 cm³/mol. The van der Waals surface area contributed by atoms with Crippen molar-refractivity contribution < 1.29 is 14.4 Å². The average molecular weight is 324 g/mol. The second-order valence-electron chi connectivity index (χ2n) is 5.68. The number of benzene rings is 2. The van der Waals surface area contributed by atoms with E-state index in [0.29, 0.717) is 25.3 Å². The van der Waals surface area contributed by atoms with E-state index < -0.39 is 0 Å². The molecular weight excluding hydrogens is 304 g/mol. The molecule has 124 valence electrons. The molecule has 1 aliphatic rings. The van der Waals surface area contributed by atoms with E-state index >= 15 is 0 Å². The van der Waals surface area contributed by atoms with Crippen molar-refractivity contribution in [2.24, 2.45) is 5.16 Å². The highest BCUT2D eigenvalue weighted by molar-refractivity contribution is 6.39. The summed E-state index contributed by atoms with van der Waals surface area (Å²) in [6.45, 7) is 1.01. The molecule has 0 aliphatic carbocycles. The van der Waals surface area contributed by atoms with Gasteiger partial charge < -0.3 is 14.9 Å². The minimum Gasteiger partial charge on any atom is -0.387 e. The summed E-state index contributed by atoms with van der Waals surface area (Å²) < 4.78 is 5.12. The van der Waals surface area contributed by atoms with Gasteiger partial charge in [0.05, 0.1) is 6.61 Å². The third-order valence-corrected chi connectivity index (χ3v) is 3.86. The molecule has 2 aromatic rings. The van der Waals surface area contributed by atoms with Crippen molar-refractivity contribution in [2.75, 3.05) is 7.11 Å². The molecule has 24 heavy (non-hydrogen) atoms. The van der Waals surface area contributed by atoms with Gasteiger partial charge in [-0.2, -0.15) is 0 Å². The van der Waals surface area contributed by atoms with Crippen LogP contribution in [0.4, 0.5) is 0 Å². The van der Waals surface area contributed by atoms with E-state index in [1.165, 1.54) is 0 Å². The van der Waals surface area contributed by atoms with Gasteiger partial charge in [0.1, 0.15) is 5.71 Å². The summed E-state index contributed by atoms with van der Waals surface area (Å²) in [4.78, 5) is 17.6. The molecule has 0 bridgehead atoms. The van der Waals surface area contributed by atoms with Crippen LogP contribution in [0.1, 0.15) is 29.2 Å². The van der Waals surface area contributed by atoms with Crippen LogP contribution in [0.25, 0.3) is 0 Å². The maximum atomic E-state index is 12.3. The van der Waals surface area contributed by atoms with Crippen molar-refractivity contribution in [1.82, 2.24) is 5.32 Å².